The summed E-state index contributed by atoms with van der Waals surface area (Å²) in [4.78, 5) is 28.3. The van der Waals surface area contributed by atoms with E-state index < -0.39 is 17.4 Å². The normalized spacial score (nSPS) is 24.1. The fourth-order valence-corrected chi connectivity index (χ4v) is 4.02. The summed E-state index contributed by atoms with van der Waals surface area (Å²) in [7, 11) is 0. The van der Waals surface area contributed by atoms with Gasteiger partial charge in [-0.15, -0.1) is 11.3 Å². The summed E-state index contributed by atoms with van der Waals surface area (Å²) in [6, 6.07) is 0. The number of carbonyl (C=O) groups excluding carboxylic acids is 1. The number of aliphatic carboxylic acids is 1. The van der Waals surface area contributed by atoms with E-state index in [9.17, 15) is 14.7 Å². The van der Waals surface area contributed by atoms with Gasteiger partial charge < -0.3 is 15.2 Å². The van der Waals surface area contributed by atoms with Crippen molar-refractivity contribution in [3.63, 3.8) is 0 Å². The molecule has 1 aromatic rings. The lowest BCUT2D eigenvalue weighted by atomic mass is 9.81. The molecule has 2 N–H and O–H groups in total. The molecule has 3 rings (SSSR count). The van der Waals surface area contributed by atoms with Crippen molar-refractivity contribution in [2.24, 2.45) is 0 Å². The third-order valence-electron chi connectivity index (χ3n) is 4.43. The van der Waals surface area contributed by atoms with E-state index in [1.807, 2.05) is 0 Å². The predicted octanol–water partition coefficient (Wildman–Crippen LogP) is 2.51. The molecule has 1 aliphatic heterocycles. The Balaban J connectivity index is 1.71. The van der Waals surface area contributed by atoms with Gasteiger partial charge in [0.2, 0.25) is 0 Å². The maximum absolute atomic E-state index is 12.4. The number of aromatic nitrogens is 1. The Morgan fingerprint density at radius 2 is 2.09 bits per heavy atom. The summed E-state index contributed by atoms with van der Waals surface area (Å²) >= 11 is 1.40. The van der Waals surface area contributed by atoms with Gasteiger partial charge in [-0.2, -0.15) is 0 Å². The van der Waals surface area contributed by atoms with Crippen molar-refractivity contribution in [1.29, 1.82) is 0 Å². The van der Waals surface area contributed by atoms with Crippen molar-refractivity contribution in [1.82, 2.24) is 10.3 Å². The summed E-state index contributed by atoms with van der Waals surface area (Å²) in [5, 5.41) is 14.7. The minimum absolute atomic E-state index is 0.0188. The van der Waals surface area contributed by atoms with E-state index in [4.69, 9.17) is 4.74 Å². The van der Waals surface area contributed by atoms with Crippen LogP contribution in [0.3, 0.4) is 0 Å². The summed E-state index contributed by atoms with van der Waals surface area (Å²) in [5.41, 5.74) is -0.843. The molecule has 1 amide bonds. The first-order chi connectivity index (χ1) is 10.6. The SMILES string of the molecule is O=C(NC1(C(=O)O)CCCCC1)c1csc(C2CCCO2)n1. The number of nitrogens with one attached hydrogen (secondary N) is 1. The van der Waals surface area contributed by atoms with Gasteiger partial charge in [-0.25, -0.2) is 9.78 Å². The van der Waals surface area contributed by atoms with Crippen LogP contribution < -0.4 is 5.32 Å². The van der Waals surface area contributed by atoms with Crippen molar-refractivity contribution in [2.45, 2.75) is 56.6 Å². The molecule has 6 nitrogen and oxygen atoms in total. The highest BCUT2D eigenvalue weighted by Crippen LogP contribution is 2.32. The third kappa shape index (κ3) is 3.01. The zero-order valence-electron chi connectivity index (χ0n) is 12.3. The Kier molecular flexibility index (Phi) is 4.44. The second-order valence-corrected chi connectivity index (χ2v) is 6.86. The van der Waals surface area contributed by atoms with Crippen molar-refractivity contribution in [2.75, 3.05) is 6.61 Å². The van der Waals surface area contributed by atoms with E-state index in [2.05, 4.69) is 10.3 Å². The monoisotopic (exact) mass is 324 g/mol. The first-order valence-electron chi connectivity index (χ1n) is 7.74. The maximum Gasteiger partial charge on any atom is 0.329 e. The molecule has 120 valence electrons. The van der Waals surface area contributed by atoms with Crippen LogP contribution in [0.2, 0.25) is 0 Å². The van der Waals surface area contributed by atoms with Gasteiger partial charge in [0, 0.05) is 12.0 Å². The van der Waals surface area contributed by atoms with Gasteiger partial charge in [-0.3, -0.25) is 4.79 Å². The molecule has 2 fully saturated rings. The molecule has 22 heavy (non-hydrogen) atoms. The largest absolute Gasteiger partial charge is 0.480 e. The number of rotatable bonds is 4. The Morgan fingerprint density at radius 1 is 1.32 bits per heavy atom. The van der Waals surface area contributed by atoms with Crippen LogP contribution in [0, 0.1) is 0 Å². The highest BCUT2D eigenvalue weighted by atomic mass is 32.1. The van der Waals surface area contributed by atoms with Crippen LogP contribution in [0.15, 0.2) is 5.38 Å². The fraction of sp³-hybridized carbons (Fsp3) is 0.667. The van der Waals surface area contributed by atoms with Gasteiger partial charge in [0.15, 0.2) is 0 Å². The molecule has 0 spiro atoms. The molecule has 1 atom stereocenters. The van der Waals surface area contributed by atoms with Gasteiger partial charge in [0.05, 0.1) is 0 Å². The zero-order chi connectivity index (χ0) is 15.6. The lowest BCUT2D eigenvalue weighted by Gasteiger charge is -2.33. The second-order valence-electron chi connectivity index (χ2n) is 5.97. The summed E-state index contributed by atoms with van der Waals surface area (Å²) in [6.45, 7) is 0.730. The Hall–Kier alpha value is -1.47. The molecule has 1 saturated carbocycles. The van der Waals surface area contributed by atoms with Gasteiger partial charge in [0.1, 0.15) is 22.3 Å². The number of hydrogen-bond acceptors (Lipinski definition) is 5. The van der Waals surface area contributed by atoms with E-state index >= 15 is 0 Å². The number of hydrogen-bond donors (Lipinski definition) is 2. The number of nitrogens with zero attached hydrogens (tertiary/aromatic N) is 1. The zero-order valence-corrected chi connectivity index (χ0v) is 13.2. The smallest absolute Gasteiger partial charge is 0.329 e. The first-order valence-corrected chi connectivity index (χ1v) is 8.62. The van der Waals surface area contributed by atoms with Crippen LogP contribution >= 0.6 is 11.3 Å². The van der Waals surface area contributed by atoms with Gasteiger partial charge in [-0.1, -0.05) is 19.3 Å². The third-order valence-corrected chi connectivity index (χ3v) is 5.37. The second kappa shape index (κ2) is 6.34. The molecule has 2 heterocycles. The van der Waals surface area contributed by atoms with E-state index in [0.717, 1.165) is 43.7 Å². The Morgan fingerprint density at radius 3 is 2.73 bits per heavy atom. The summed E-state index contributed by atoms with van der Waals surface area (Å²) in [6.07, 6.45) is 5.55. The molecular formula is C15H20N2O4S. The van der Waals surface area contributed by atoms with Crippen molar-refractivity contribution < 1.29 is 19.4 Å². The molecule has 0 bridgehead atoms. The highest BCUT2D eigenvalue weighted by molar-refractivity contribution is 7.09. The fourth-order valence-electron chi connectivity index (χ4n) is 3.14. The van der Waals surface area contributed by atoms with Crippen molar-refractivity contribution >= 4 is 23.2 Å². The van der Waals surface area contributed by atoms with E-state index in [-0.39, 0.29) is 6.10 Å². The average molecular weight is 324 g/mol. The maximum atomic E-state index is 12.4. The number of carboxylic acids is 1. The van der Waals surface area contributed by atoms with Crippen LogP contribution in [0.25, 0.3) is 0 Å². The lowest BCUT2D eigenvalue weighted by molar-refractivity contribution is -0.145. The predicted molar refractivity (Wildman–Crippen MR) is 81.0 cm³/mol. The summed E-state index contributed by atoms with van der Waals surface area (Å²) in [5.74, 6) is -1.35. The Labute approximate surface area is 132 Å². The van der Waals surface area contributed by atoms with Crippen LogP contribution in [0.4, 0.5) is 0 Å². The summed E-state index contributed by atoms with van der Waals surface area (Å²) < 4.78 is 5.56. The Bertz CT molecular complexity index is 560. The van der Waals surface area contributed by atoms with Crippen LogP contribution in [-0.4, -0.2) is 34.1 Å². The highest BCUT2D eigenvalue weighted by Gasteiger charge is 2.41. The first kappa shape index (κ1) is 15.4. The molecule has 7 heteroatoms. The number of amides is 1. The minimum Gasteiger partial charge on any atom is -0.480 e. The number of carbonyl (C=O) groups is 2. The number of thiazole rings is 1. The molecule has 1 unspecified atom stereocenters. The average Bonchev–Trinajstić information content (AvgIpc) is 3.19. The molecule has 2 aliphatic rings. The van der Waals surface area contributed by atoms with Crippen LogP contribution in [0.5, 0.6) is 0 Å². The molecule has 1 saturated heterocycles. The van der Waals surface area contributed by atoms with Crippen molar-refractivity contribution in [3.05, 3.63) is 16.1 Å². The standard InChI is InChI=1S/C15H20N2O4S/c18-12(17-15(14(19)20)6-2-1-3-7-15)10-9-22-13(16-10)11-5-4-8-21-11/h9,11H,1-8H2,(H,17,18)(H,19,20). The van der Waals surface area contributed by atoms with E-state index in [0.29, 0.717) is 18.5 Å². The van der Waals surface area contributed by atoms with Gasteiger partial charge in [-0.05, 0) is 25.7 Å². The minimum atomic E-state index is -1.14. The molecule has 1 aromatic heterocycles. The van der Waals surface area contributed by atoms with E-state index in [1.54, 1.807) is 5.38 Å². The van der Waals surface area contributed by atoms with Gasteiger partial charge >= 0.3 is 5.97 Å². The van der Waals surface area contributed by atoms with Crippen LogP contribution in [-0.2, 0) is 9.53 Å². The molecular weight excluding hydrogens is 304 g/mol. The quantitative estimate of drug-likeness (QED) is 0.888. The van der Waals surface area contributed by atoms with Crippen LogP contribution in [0.1, 0.15) is 66.5 Å². The molecule has 0 radical (unpaired) electrons. The topological polar surface area (TPSA) is 88.5 Å². The lowest BCUT2D eigenvalue weighted by Crippen LogP contribution is -2.55. The van der Waals surface area contributed by atoms with Crippen molar-refractivity contribution in [3.8, 4) is 0 Å². The molecule has 1 aliphatic carbocycles. The molecule has 0 aromatic carbocycles. The van der Waals surface area contributed by atoms with E-state index in [1.165, 1.54) is 11.3 Å². The van der Waals surface area contributed by atoms with Gasteiger partial charge in [0.25, 0.3) is 5.91 Å². The number of ether oxygens (including phenoxy) is 1. The number of carboxylic acid groups (broad SMARTS) is 1.